The molecule has 0 spiro atoms. The molecule has 4 aliphatic rings. The Balaban J connectivity index is 0.000000289. The highest BCUT2D eigenvalue weighted by Gasteiger charge is 2.57. The first-order valence-electron chi connectivity index (χ1n) is 40.8. The lowest BCUT2D eigenvalue weighted by Gasteiger charge is -2.29. The summed E-state index contributed by atoms with van der Waals surface area (Å²) < 4.78 is 115. The Bertz CT molecular complexity index is 4100. The number of hydrogen-bond donors (Lipinski definition) is 20. The predicted molar refractivity (Wildman–Crippen MR) is 463 cm³/mol. The van der Waals surface area contributed by atoms with Crippen molar-refractivity contribution in [1.29, 1.82) is 0 Å². The van der Waals surface area contributed by atoms with Gasteiger partial charge in [-0.05, 0) is 86.1 Å². The van der Waals surface area contributed by atoms with Crippen molar-refractivity contribution in [2.75, 3.05) is 105 Å². The fourth-order valence-electron chi connectivity index (χ4n) is 15.6. The molecule has 0 aliphatic carbocycles. The van der Waals surface area contributed by atoms with Crippen molar-refractivity contribution in [2.45, 2.75) is 164 Å². The van der Waals surface area contributed by atoms with Crippen LogP contribution in [0.3, 0.4) is 0 Å². The first-order valence-corrected chi connectivity index (χ1v) is 46.4. The van der Waals surface area contributed by atoms with E-state index < -0.39 is 163 Å². The summed E-state index contributed by atoms with van der Waals surface area (Å²) in [6.45, 7) is 6.20. The number of benzene rings is 4. The van der Waals surface area contributed by atoms with E-state index in [0.29, 0.717) is 38.5 Å². The summed E-state index contributed by atoms with van der Waals surface area (Å²) in [6, 6.07) is 35.4. The van der Waals surface area contributed by atoms with E-state index >= 15 is 0 Å². The zero-order chi connectivity index (χ0) is 91.5. The molecule has 4 aromatic rings. The molecule has 0 radical (unpaired) electrons. The lowest BCUT2D eigenvalue weighted by atomic mass is 9.78. The molecule has 0 saturated carbocycles. The van der Waals surface area contributed by atoms with E-state index in [1.165, 1.54) is 17.2 Å². The highest BCUT2D eigenvalue weighted by molar-refractivity contribution is 7.87. The molecule has 0 amide bonds. The van der Waals surface area contributed by atoms with Gasteiger partial charge in [-0.1, -0.05) is 175 Å². The molecule has 4 saturated heterocycles. The van der Waals surface area contributed by atoms with Crippen LogP contribution < -0.4 is 45.9 Å². The zero-order valence-corrected chi connectivity index (χ0v) is 73.0. The number of rotatable bonds is 46. The van der Waals surface area contributed by atoms with E-state index in [1.54, 1.807) is 27.7 Å². The fourth-order valence-corrected chi connectivity index (χ4v) is 22.6. The first-order chi connectivity index (χ1) is 57.0. The van der Waals surface area contributed by atoms with Crippen molar-refractivity contribution in [3.63, 3.8) is 0 Å². The number of nitrogens with zero attached hydrogens (tertiary/aromatic N) is 8. The molecule has 28 N–H and O–H groups in total. The molecule has 4 aliphatic heterocycles. The summed E-state index contributed by atoms with van der Waals surface area (Å²) in [5.74, 6) is -7.69. The SMILES string of the molecule is CCN(C[C@@H](N)Cc1ccccc1)S(=O)(=O)N1C[C@H](CCCB(O)O)[C@](N)(C(=O)O)C1.CCN(C[C@@H](N)c1ccccc1)S(=O)(=O)N1C[C@H](CCCB(O)O)[C@](N)(C(=O)O)C1.CCN(C[C@H](N)Cc1ccccc1)S(=O)(=O)N1C[C@H](CCCB(O)O)[C@](N)(C(=O)O)C1.CCN(C[C@H](N)c1ccccc1)S(=O)(=O)N1C[C@H](CCCB(O)O)[C@](N)(C(=O)O)C1. The van der Waals surface area contributed by atoms with Gasteiger partial charge in [-0.25, -0.2) is 0 Å². The van der Waals surface area contributed by atoms with E-state index in [4.69, 9.17) is 86.1 Å². The second-order valence-corrected chi connectivity index (χ2v) is 39.5. The van der Waals surface area contributed by atoms with E-state index in [-0.39, 0.29) is 156 Å². The van der Waals surface area contributed by atoms with Gasteiger partial charge in [-0.2, -0.15) is 68.1 Å². The smallest absolute Gasteiger partial charge is 0.451 e. The molecular formula is C74H128B4N16O24S4. The van der Waals surface area contributed by atoms with Crippen LogP contribution in [0.4, 0.5) is 0 Å². The molecule has 0 unspecified atom stereocenters. The van der Waals surface area contributed by atoms with Crippen molar-refractivity contribution in [1.82, 2.24) is 34.4 Å². The van der Waals surface area contributed by atoms with Gasteiger partial charge >= 0.3 is 52.4 Å². The van der Waals surface area contributed by atoms with Gasteiger partial charge in [0.2, 0.25) is 0 Å². The Morgan fingerprint density at radius 3 is 0.746 bits per heavy atom. The van der Waals surface area contributed by atoms with Gasteiger partial charge in [0.15, 0.2) is 0 Å². The van der Waals surface area contributed by atoms with E-state index in [2.05, 4.69) is 0 Å². The number of hydrogen-bond acceptors (Lipinski definition) is 28. The van der Waals surface area contributed by atoms with Crippen LogP contribution in [0.2, 0.25) is 25.3 Å². The van der Waals surface area contributed by atoms with Crippen molar-refractivity contribution >= 4 is 93.2 Å². The summed E-state index contributed by atoms with van der Waals surface area (Å²) >= 11 is 0. The molecule has 0 aromatic heterocycles. The predicted octanol–water partition coefficient (Wildman–Crippen LogP) is -3.38. The van der Waals surface area contributed by atoms with Gasteiger partial charge in [-0.15, -0.1) is 0 Å². The Kier molecular flexibility index (Phi) is 42.0. The minimum atomic E-state index is -3.99. The molecule has 12 atom stereocenters. The number of likely N-dealkylation sites (N-methyl/N-ethyl adjacent to an activating group) is 4. The monoisotopic (exact) mass is 1800 g/mol. The molecular weight excluding hydrogens is 1670 g/mol. The van der Waals surface area contributed by atoms with Crippen molar-refractivity contribution in [3.05, 3.63) is 144 Å². The van der Waals surface area contributed by atoms with Gasteiger partial charge in [0, 0.05) is 153 Å². The number of aliphatic carboxylic acids is 4. The van der Waals surface area contributed by atoms with Gasteiger partial charge in [-0.3, -0.25) is 19.2 Å². The van der Waals surface area contributed by atoms with Crippen LogP contribution in [-0.4, -0.2) is 320 Å². The number of carbonyl (C=O) groups is 4. The summed E-state index contributed by atoms with van der Waals surface area (Å²) in [7, 11) is -21.9. The van der Waals surface area contributed by atoms with E-state index in [0.717, 1.165) is 39.5 Å². The second-order valence-electron chi connectivity index (χ2n) is 31.8. The molecule has 122 heavy (non-hydrogen) atoms. The normalized spacial score (nSPS) is 23.4. The molecule has 48 heteroatoms. The van der Waals surface area contributed by atoms with Crippen LogP contribution in [0.15, 0.2) is 121 Å². The zero-order valence-electron chi connectivity index (χ0n) is 69.8. The summed E-state index contributed by atoms with van der Waals surface area (Å²) in [5.41, 5.74) is 45.9. The van der Waals surface area contributed by atoms with E-state index in [9.17, 15) is 73.3 Å². The number of carboxylic acids is 4. The maximum atomic E-state index is 13.3. The number of carboxylic acid groups (broad SMARTS) is 4. The lowest BCUT2D eigenvalue weighted by molar-refractivity contribution is -0.145. The molecule has 4 heterocycles. The maximum absolute atomic E-state index is 13.3. The summed E-state index contributed by atoms with van der Waals surface area (Å²) in [4.78, 5) is 47.3. The Morgan fingerprint density at radius 2 is 0.557 bits per heavy atom. The fraction of sp³-hybridized carbons (Fsp3) is 0.622. The Hall–Kier alpha value is -6.14. The molecule has 0 bridgehead atoms. The first kappa shape index (κ1) is 106. The topological polar surface area (TPSA) is 682 Å². The third-order valence-corrected chi connectivity index (χ3v) is 30.8. The molecule has 684 valence electrons. The lowest BCUT2D eigenvalue weighted by Crippen LogP contribution is -2.56. The summed E-state index contributed by atoms with van der Waals surface area (Å²) in [6.07, 6.45) is 3.62. The van der Waals surface area contributed by atoms with Crippen LogP contribution in [0.5, 0.6) is 0 Å². The summed E-state index contributed by atoms with van der Waals surface area (Å²) in [5, 5.41) is 111. The van der Waals surface area contributed by atoms with Crippen LogP contribution in [0.1, 0.15) is 113 Å². The van der Waals surface area contributed by atoms with Gasteiger partial charge in [0.25, 0.3) is 40.8 Å². The van der Waals surface area contributed by atoms with Crippen molar-refractivity contribution in [2.24, 2.45) is 69.5 Å². The van der Waals surface area contributed by atoms with E-state index in [1.807, 2.05) is 121 Å². The maximum Gasteiger partial charge on any atom is 0.451 e. The Morgan fingerprint density at radius 1 is 0.361 bits per heavy atom. The van der Waals surface area contributed by atoms with Crippen LogP contribution in [0.25, 0.3) is 0 Å². The average molecular weight is 1800 g/mol. The van der Waals surface area contributed by atoms with Crippen LogP contribution in [-0.2, 0) is 72.9 Å². The molecule has 8 rings (SSSR count). The highest BCUT2D eigenvalue weighted by Crippen LogP contribution is 2.38. The average Bonchev–Trinajstić information content (AvgIpc) is 1.63. The third kappa shape index (κ3) is 29.5. The van der Waals surface area contributed by atoms with Crippen LogP contribution in [0, 0.1) is 23.7 Å². The van der Waals surface area contributed by atoms with Crippen molar-refractivity contribution in [3.8, 4) is 0 Å². The van der Waals surface area contributed by atoms with Gasteiger partial charge in [0.05, 0.1) is 0 Å². The minimum absolute atomic E-state index is 0.0446. The Labute approximate surface area is 718 Å². The molecule has 4 aromatic carbocycles. The number of nitrogens with two attached hydrogens (primary N) is 8. The third-order valence-electron chi connectivity index (χ3n) is 22.8. The highest BCUT2D eigenvalue weighted by atomic mass is 32.2. The quantitative estimate of drug-likeness (QED) is 0.0192. The van der Waals surface area contributed by atoms with Gasteiger partial charge < -0.3 is 106 Å². The second kappa shape index (κ2) is 48.1. The van der Waals surface area contributed by atoms with Crippen molar-refractivity contribution < 1.29 is 113 Å². The molecule has 40 nitrogen and oxygen atoms in total. The minimum Gasteiger partial charge on any atom is -0.480 e. The standard InChI is InChI=1S/2C19H33BN4O6S.2C18H31BN4O6S/c2*1-2-23(13-17(21)11-15-7-4-3-5-8-15)31(29,30)24-12-16(9-6-10-20(27)28)19(22,14-24)18(25)26;2*1-2-22(12-16(20)14-7-4-3-5-8-14)30(28,29)23-11-15(9-6-10-19(26)27)18(21,13-23)17(24)25/h2*3-5,7-8,16-17,27-28H,2,6,9-14,21-22H2,1H3,(H,25,26);2*3-5,7-8,15-16,26-27H,2,6,9-13,20-21H2,1H3,(H,24,25)/t16-,17+,19-;16-,17-,19-;15-,16+,18-;15-,16-,18-/m0000/s1. The molecule has 4 fully saturated rings. The van der Waals surface area contributed by atoms with Crippen LogP contribution >= 0.6 is 0 Å². The van der Waals surface area contributed by atoms with Gasteiger partial charge in [0.1, 0.15) is 22.2 Å². The largest absolute Gasteiger partial charge is 0.480 e.